The molecule has 1 aliphatic rings. The molecule has 0 radical (unpaired) electrons. The lowest BCUT2D eigenvalue weighted by atomic mass is 9.84. The van der Waals surface area contributed by atoms with Crippen LogP contribution in [0, 0.1) is 4.91 Å². The third kappa shape index (κ3) is 3.24. The van der Waals surface area contributed by atoms with E-state index in [1.54, 1.807) is 7.11 Å². The van der Waals surface area contributed by atoms with Crippen molar-refractivity contribution in [3.63, 3.8) is 0 Å². The molecule has 0 spiro atoms. The second-order valence-corrected chi connectivity index (χ2v) is 7.79. The van der Waals surface area contributed by atoms with Crippen LogP contribution >= 0.6 is 22.6 Å². The molecule has 5 heteroatoms. The van der Waals surface area contributed by atoms with Gasteiger partial charge in [-0.25, -0.2) is 4.99 Å². The molecular formula is C23H19IN2O2. The van der Waals surface area contributed by atoms with Crippen LogP contribution in [-0.4, -0.2) is 10.8 Å². The number of benzene rings is 3. The van der Waals surface area contributed by atoms with Gasteiger partial charge in [-0.3, -0.25) is 0 Å². The fourth-order valence-corrected chi connectivity index (χ4v) is 4.56. The van der Waals surface area contributed by atoms with Crippen molar-refractivity contribution in [1.29, 1.82) is 0 Å². The summed E-state index contributed by atoms with van der Waals surface area (Å²) in [6.45, 7) is 0. The summed E-state index contributed by atoms with van der Waals surface area (Å²) in [7, 11) is 1.67. The predicted molar refractivity (Wildman–Crippen MR) is 121 cm³/mol. The Labute approximate surface area is 177 Å². The quantitative estimate of drug-likeness (QED) is 0.321. The molecule has 0 N–H and O–H groups in total. The van der Waals surface area contributed by atoms with Gasteiger partial charge in [-0.05, 0) is 75.5 Å². The van der Waals surface area contributed by atoms with Crippen LogP contribution < -0.4 is 4.74 Å². The number of aryl methyl sites for hydroxylation is 2. The summed E-state index contributed by atoms with van der Waals surface area (Å²) >= 11 is 2.14. The van der Waals surface area contributed by atoms with Crippen LogP contribution in [0.25, 0.3) is 0 Å². The van der Waals surface area contributed by atoms with E-state index in [2.05, 4.69) is 57.0 Å². The van der Waals surface area contributed by atoms with Gasteiger partial charge in [0.1, 0.15) is 9.47 Å². The van der Waals surface area contributed by atoms with E-state index in [1.807, 2.05) is 48.5 Å². The number of fused-ring (bicyclic) bond motifs is 1. The van der Waals surface area contributed by atoms with Crippen molar-refractivity contribution in [3.8, 4) is 5.75 Å². The third-order valence-corrected chi connectivity index (χ3v) is 6.18. The number of hydrogen-bond donors (Lipinski definition) is 0. The molecule has 28 heavy (non-hydrogen) atoms. The zero-order chi connectivity index (χ0) is 19.6. The summed E-state index contributed by atoms with van der Waals surface area (Å²) in [5, 5.41) is 3.59. The summed E-state index contributed by atoms with van der Waals surface area (Å²) in [5.74, 6) is 0.859. The Kier molecular flexibility index (Phi) is 5.26. The first kappa shape index (κ1) is 18.8. The molecule has 0 saturated heterocycles. The highest BCUT2D eigenvalue weighted by atomic mass is 127. The lowest BCUT2D eigenvalue weighted by molar-refractivity contribution is 0.414. The largest absolute Gasteiger partial charge is 0.497 e. The van der Waals surface area contributed by atoms with E-state index < -0.39 is 5.54 Å². The van der Waals surface area contributed by atoms with Crippen LogP contribution in [0.4, 0.5) is 5.69 Å². The molecular weight excluding hydrogens is 463 g/mol. The first-order chi connectivity index (χ1) is 13.7. The van der Waals surface area contributed by atoms with Crippen LogP contribution in [-0.2, 0) is 18.4 Å². The lowest BCUT2D eigenvalue weighted by Gasteiger charge is -2.22. The minimum atomic E-state index is -1.05. The van der Waals surface area contributed by atoms with Crippen molar-refractivity contribution in [1.82, 2.24) is 0 Å². The number of ether oxygens (including phenoxy) is 1. The van der Waals surface area contributed by atoms with Gasteiger partial charge in [0.15, 0.2) is 0 Å². The summed E-state index contributed by atoms with van der Waals surface area (Å²) < 4.78 is 5.90. The van der Waals surface area contributed by atoms with Crippen LogP contribution in [0.2, 0.25) is 0 Å². The molecule has 0 bridgehead atoms. The molecule has 1 unspecified atom stereocenters. The van der Waals surface area contributed by atoms with Gasteiger partial charge in [-0.1, -0.05) is 54.6 Å². The number of rotatable bonds is 6. The normalized spacial score (nSPS) is 17.7. The van der Waals surface area contributed by atoms with E-state index in [0.717, 1.165) is 35.4 Å². The van der Waals surface area contributed by atoms with Gasteiger partial charge in [0.25, 0.3) is 0 Å². The van der Waals surface area contributed by atoms with Crippen LogP contribution in [0.3, 0.4) is 0 Å². The van der Waals surface area contributed by atoms with E-state index in [0.29, 0.717) is 3.72 Å². The molecule has 0 amide bonds. The Bertz CT molecular complexity index is 1030. The molecule has 140 valence electrons. The Morgan fingerprint density at radius 2 is 1.64 bits per heavy atom. The van der Waals surface area contributed by atoms with Crippen molar-refractivity contribution in [3.05, 3.63) is 100.0 Å². The molecule has 0 fully saturated rings. The Balaban J connectivity index is 1.64. The predicted octanol–water partition coefficient (Wildman–Crippen LogP) is 5.97. The molecule has 1 atom stereocenters. The topological polar surface area (TPSA) is 51.0 Å². The third-order valence-electron chi connectivity index (χ3n) is 5.16. The van der Waals surface area contributed by atoms with Crippen LogP contribution in [0.5, 0.6) is 5.75 Å². The number of halogens is 1. The second kappa shape index (κ2) is 7.83. The van der Waals surface area contributed by atoms with Gasteiger partial charge in [0.05, 0.1) is 12.8 Å². The first-order valence-electron chi connectivity index (χ1n) is 9.08. The number of methoxy groups -OCH3 is 1. The van der Waals surface area contributed by atoms with E-state index in [9.17, 15) is 4.91 Å². The van der Waals surface area contributed by atoms with Crippen molar-refractivity contribution in [2.24, 2.45) is 10.2 Å². The highest BCUT2D eigenvalue weighted by molar-refractivity contribution is 14.1. The zero-order valence-electron chi connectivity index (χ0n) is 15.4. The van der Waals surface area contributed by atoms with E-state index >= 15 is 0 Å². The lowest BCUT2D eigenvalue weighted by Crippen LogP contribution is -2.28. The number of nitroso groups, excluding NO2 is 1. The molecule has 0 aliphatic carbocycles. The van der Waals surface area contributed by atoms with Gasteiger partial charge in [0.2, 0.25) is 5.54 Å². The minimum Gasteiger partial charge on any atom is -0.497 e. The van der Waals surface area contributed by atoms with Crippen molar-refractivity contribution < 1.29 is 4.74 Å². The van der Waals surface area contributed by atoms with Gasteiger partial charge in [-0.2, -0.15) is 0 Å². The van der Waals surface area contributed by atoms with Gasteiger partial charge >= 0.3 is 0 Å². The number of nitrogens with zero attached hydrogens (tertiary/aromatic N) is 2. The smallest absolute Gasteiger partial charge is 0.202 e. The Morgan fingerprint density at radius 3 is 2.32 bits per heavy atom. The minimum absolute atomic E-state index is 0.689. The number of hydrogen-bond acceptors (Lipinski definition) is 4. The Morgan fingerprint density at radius 1 is 0.964 bits per heavy atom. The molecule has 3 aromatic rings. The molecule has 0 saturated carbocycles. The Hall–Kier alpha value is -2.54. The standard InChI is InChI=1S/C23H19IN2O2/c1-28-19-12-9-16(10-13-19)7-8-17-11-14-21-20(15-17)23(26-27,22(24)25-21)18-5-3-2-4-6-18/h2-6,9-15H,7-8H2,1H3. The van der Waals surface area contributed by atoms with Crippen molar-refractivity contribution >= 4 is 32.0 Å². The second-order valence-electron chi connectivity index (χ2n) is 6.77. The molecule has 3 aromatic carbocycles. The molecule has 4 rings (SSSR count). The van der Waals surface area contributed by atoms with E-state index in [-0.39, 0.29) is 0 Å². The van der Waals surface area contributed by atoms with Crippen LogP contribution in [0.15, 0.2) is 83.0 Å². The van der Waals surface area contributed by atoms with Gasteiger partial charge < -0.3 is 4.74 Å². The average Bonchev–Trinajstić information content (AvgIpc) is 3.04. The first-order valence-corrected chi connectivity index (χ1v) is 10.2. The summed E-state index contributed by atoms with van der Waals surface area (Å²) in [5.41, 5.74) is 3.90. The number of aliphatic imine (C=N–C) groups is 1. The zero-order valence-corrected chi connectivity index (χ0v) is 17.6. The van der Waals surface area contributed by atoms with E-state index in [1.165, 1.54) is 11.1 Å². The molecule has 1 aliphatic heterocycles. The average molecular weight is 482 g/mol. The monoisotopic (exact) mass is 482 g/mol. The molecule has 4 nitrogen and oxygen atoms in total. The highest BCUT2D eigenvalue weighted by Gasteiger charge is 2.46. The van der Waals surface area contributed by atoms with Crippen LogP contribution in [0.1, 0.15) is 22.3 Å². The van der Waals surface area contributed by atoms with Gasteiger partial charge in [-0.15, -0.1) is 4.91 Å². The molecule has 1 heterocycles. The van der Waals surface area contributed by atoms with Crippen molar-refractivity contribution in [2.45, 2.75) is 18.4 Å². The van der Waals surface area contributed by atoms with Gasteiger partial charge in [0, 0.05) is 5.56 Å². The maximum absolute atomic E-state index is 12.1. The van der Waals surface area contributed by atoms with E-state index in [4.69, 9.17) is 4.74 Å². The maximum Gasteiger partial charge on any atom is 0.202 e. The summed E-state index contributed by atoms with van der Waals surface area (Å²) in [4.78, 5) is 16.7. The summed E-state index contributed by atoms with van der Waals surface area (Å²) in [6, 6.07) is 24.0. The summed E-state index contributed by atoms with van der Waals surface area (Å²) in [6.07, 6.45) is 1.79. The maximum atomic E-state index is 12.1. The fourth-order valence-electron chi connectivity index (χ4n) is 3.60. The fraction of sp³-hybridized carbons (Fsp3) is 0.174. The SMILES string of the molecule is COc1ccc(CCc2ccc3c(c2)C(N=O)(c2ccccc2)C(I)=N3)cc1. The van der Waals surface area contributed by atoms with Crippen molar-refractivity contribution in [2.75, 3.05) is 7.11 Å². The highest BCUT2D eigenvalue weighted by Crippen LogP contribution is 2.48. The molecule has 0 aromatic heterocycles.